The molecule has 2 N–H and O–H groups in total. The Morgan fingerprint density at radius 2 is 1.50 bits per heavy atom. The molecule has 28 heavy (non-hydrogen) atoms. The Hall–Kier alpha value is -2.20. The van der Waals surface area contributed by atoms with E-state index in [4.69, 9.17) is 19.9 Å². The molecule has 1 aliphatic rings. The Labute approximate surface area is 169 Å². The second kappa shape index (κ2) is 10.4. The molecule has 1 unspecified atom stereocenters. The molecule has 1 atom stereocenters. The van der Waals surface area contributed by atoms with Crippen LogP contribution in [0.25, 0.3) is 0 Å². The van der Waals surface area contributed by atoms with Crippen LogP contribution in [0.2, 0.25) is 0 Å². The minimum Gasteiger partial charge on any atom is -0.497 e. The van der Waals surface area contributed by atoms with E-state index < -0.39 is 0 Å². The lowest BCUT2D eigenvalue weighted by Gasteiger charge is -2.20. The van der Waals surface area contributed by atoms with Crippen LogP contribution in [0, 0.1) is 5.92 Å². The lowest BCUT2D eigenvalue weighted by atomic mass is 9.92. The normalized spacial score (nSPS) is 16.7. The lowest BCUT2D eigenvalue weighted by molar-refractivity contribution is 0.218. The van der Waals surface area contributed by atoms with Crippen molar-refractivity contribution in [2.45, 2.75) is 51.0 Å². The van der Waals surface area contributed by atoms with Crippen LogP contribution >= 0.6 is 0 Å². The summed E-state index contributed by atoms with van der Waals surface area (Å²) < 4.78 is 16.8. The van der Waals surface area contributed by atoms with Gasteiger partial charge in [-0.1, -0.05) is 44.2 Å². The minimum absolute atomic E-state index is 0.263. The molecule has 0 aromatic heterocycles. The van der Waals surface area contributed by atoms with E-state index in [9.17, 15) is 0 Å². The number of hydrogen-bond donors (Lipinski definition) is 1. The summed E-state index contributed by atoms with van der Waals surface area (Å²) in [6.07, 6.45) is 9.40. The molecule has 4 heteroatoms. The molecule has 0 heterocycles. The smallest absolute Gasteiger partial charge is 0.127 e. The third kappa shape index (κ3) is 5.41. The van der Waals surface area contributed by atoms with Crippen molar-refractivity contribution < 1.29 is 14.2 Å². The summed E-state index contributed by atoms with van der Waals surface area (Å²) in [7, 11) is 3.29. The lowest BCUT2D eigenvalue weighted by Crippen LogP contribution is -2.14. The predicted molar refractivity (Wildman–Crippen MR) is 113 cm³/mol. The van der Waals surface area contributed by atoms with Gasteiger partial charge < -0.3 is 19.9 Å². The zero-order valence-corrected chi connectivity index (χ0v) is 17.2. The molecule has 1 aliphatic carbocycles. The predicted octanol–water partition coefficient (Wildman–Crippen LogP) is 5.49. The second-order valence-electron chi connectivity index (χ2n) is 7.68. The highest BCUT2D eigenvalue weighted by Crippen LogP contribution is 2.32. The number of methoxy groups -OCH3 is 2. The maximum atomic E-state index is 6.50. The first-order valence-electron chi connectivity index (χ1n) is 10.4. The first-order chi connectivity index (χ1) is 13.7. The summed E-state index contributed by atoms with van der Waals surface area (Å²) in [5.74, 6) is 3.09. The van der Waals surface area contributed by atoms with Crippen LogP contribution in [0.15, 0.2) is 42.5 Å². The molecule has 3 rings (SSSR count). The van der Waals surface area contributed by atoms with Crippen LogP contribution in [0.5, 0.6) is 17.2 Å². The highest BCUT2D eigenvalue weighted by atomic mass is 16.5. The molecule has 0 saturated heterocycles. The Balaban J connectivity index is 1.62. The highest BCUT2D eigenvalue weighted by Gasteiger charge is 2.16. The van der Waals surface area contributed by atoms with E-state index in [-0.39, 0.29) is 6.04 Å². The fourth-order valence-corrected chi connectivity index (χ4v) is 3.95. The topological polar surface area (TPSA) is 53.7 Å². The number of benzene rings is 2. The number of hydrogen-bond acceptors (Lipinski definition) is 4. The Bertz CT molecular complexity index is 721. The summed E-state index contributed by atoms with van der Waals surface area (Å²) in [6.45, 7) is 0.817. The van der Waals surface area contributed by atoms with Gasteiger partial charge >= 0.3 is 0 Å². The molecular formula is C24H33NO3. The third-order valence-electron chi connectivity index (χ3n) is 5.73. The Morgan fingerprint density at radius 3 is 2.14 bits per heavy atom. The SMILES string of the molecule is COc1ccc(C(N)c2ccc(OCC3CCCCCCC3)cc2)c(OC)c1. The van der Waals surface area contributed by atoms with Crippen molar-refractivity contribution in [3.63, 3.8) is 0 Å². The number of rotatable bonds is 7. The van der Waals surface area contributed by atoms with Gasteiger partial charge in [0, 0.05) is 11.6 Å². The van der Waals surface area contributed by atoms with Gasteiger partial charge in [-0.15, -0.1) is 0 Å². The summed E-state index contributed by atoms with van der Waals surface area (Å²) in [6, 6.07) is 13.6. The second-order valence-corrected chi connectivity index (χ2v) is 7.68. The molecule has 4 nitrogen and oxygen atoms in total. The van der Waals surface area contributed by atoms with Gasteiger partial charge in [0.05, 0.1) is 26.9 Å². The first-order valence-corrected chi connectivity index (χ1v) is 10.4. The van der Waals surface area contributed by atoms with Gasteiger partial charge in [0.15, 0.2) is 0 Å². The number of ether oxygens (including phenoxy) is 3. The van der Waals surface area contributed by atoms with Crippen molar-refractivity contribution in [2.24, 2.45) is 11.7 Å². The molecular weight excluding hydrogens is 350 g/mol. The van der Waals surface area contributed by atoms with Crippen LogP contribution in [0.3, 0.4) is 0 Å². The van der Waals surface area contributed by atoms with Crippen LogP contribution < -0.4 is 19.9 Å². The van der Waals surface area contributed by atoms with Gasteiger partial charge in [-0.3, -0.25) is 0 Å². The molecule has 0 spiro atoms. The Kier molecular flexibility index (Phi) is 7.61. The van der Waals surface area contributed by atoms with Crippen LogP contribution in [-0.2, 0) is 0 Å². The van der Waals surface area contributed by atoms with Crippen LogP contribution in [-0.4, -0.2) is 20.8 Å². The average molecular weight is 384 g/mol. The molecule has 0 aliphatic heterocycles. The fraction of sp³-hybridized carbons (Fsp3) is 0.500. The third-order valence-corrected chi connectivity index (χ3v) is 5.73. The first kappa shape index (κ1) is 20.5. The van der Waals surface area contributed by atoms with Crippen molar-refractivity contribution in [3.05, 3.63) is 53.6 Å². The maximum Gasteiger partial charge on any atom is 0.127 e. The molecule has 1 saturated carbocycles. The molecule has 2 aromatic carbocycles. The zero-order valence-electron chi connectivity index (χ0n) is 17.2. The molecule has 1 fully saturated rings. The largest absolute Gasteiger partial charge is 0.497 e. The molecule has 0 bridgehead atoms. The quantitative estimate of drug-likeness (QED) is 0.687. The maximum absolute atomic E-state index is 6.50. The van der Waals surface area contributed by atoms with Crippen molar-refractivity contribution in [3.8, 4) is 17.2 Å². The summed E-state index contributed by atoms with van der Waals surface area (Å²) in [4.78, 5) is 0. The summed E-state index contributed by atoms with van der Waals surface area (Å²) in [5.41, 5.74) is 8.46. The van der Waals surface area contributed by atoms with E-state index in [0.29, 0.717) is 5.92 Å². The van der Waals surface area contributed by atoms with Crippen LogP contribution in [0.4, 0.5) is 0 Å². The van der Waals surface area contributed by atoms with Gasteiger partial charge in [-0.05, 0) is 48.6 Å². The van der Waals surface area contributed by atoms with E-state index in [2.05, 4.69) is 0 Å². The van der Waals surface area contributed by atoms with Crippen molar-refractivity contribution >= 4 is 0 Å². The van der Waals surface area contributed by atoms with E-state index in [1.807, 2.05) is 42.5 Å². The van der Waals surface area contributed by atoms with Crippen molar-refractivity contribution in [2.75, 3.05) is 20.8 Å². The molecule has 0 amide bonds. The van der Waals surface area contributed by atoms with Gasteiger partial charge in [-0.25, -0.2) is 0 Å². The Morgan fingerprint density at radius 1 is 0.857 bits per heavy atom. The van der Waals surface area contributed by atoms with Gasteiger partial charge in [-0.2, -0.15) is 0 Å². The highest BCUT2D eigenvalue weighted by molar-refractivity contribution is 5.46. The van der Waals surface area contributed by atoms with E-state index in [1.165, 1.54) is 44.9 Å². The van der Waals surface area contributed by atoms with Gasteiger partial charge in [0.25, 0.3) is 0 Å². The van der Waals surface area contributed by atoms with Crippen molar-refractivity contribution in [1.82, 2.24) is 0 Å². The summed E-state index contributed by atoms with van der Waals surface area (Å²) >= 11 is 0. The van der Waals surface area contributed by atoms with Gasteiger partial charge in [0.1, 0.15) is 17.2 Å². The van der Waals surface area contributed by atoms with E-state index in [1.54, 1.807) is 14.2 Å². The van der Waals surface area contributed by atoms with Crippen LogP contribution in [0.1, 0.15) is 62.1 Å². The summed E-state index contributed by atoms with van der Waals surface area (Å²) in [5, 5.41) is 0. The number of nitrogens with two attached hydrogens (primary N) is 1. The zero-order chi connectivity index (χ0) is 19.8. The van der Waals surface area contributed by atoms with E-state index in [0.717, 1.165) is 35.0 Å². The average Bonchev–Trinajstić information content (AvgIpc) is 2.72. The fourth-order valence-electron chi connectivity index (χ4n) is 3.95. The van der Waals surface area contributed by atoms with E-state index >= 15 is 0 Å². The monoisotopic (exact) mass is 383 g/mol. The molecule has 152 valence electrons. The van der Waals surface area contributed by atoms with Crippen molar-refractivity contribution in [1.29, 1.82) is 0 Å². The standard InChI is InChI=1S/C24H33NO3/c1-26-21-14-15-22(23(16-21)27-2)24(25)19-10-12-20(13-11-19)28-17-18-8-6-4-3-5-7-9-18/h10-16,18,24H,3-9,17,25H2,1-2H3. The molecule has 2 aromatic rings. The van der Waals surface area contributed by atoms with Gasteiger partial charge in [0.2, 0.25) is 0 Å². The molecule has 0 radical (unpaired) electrons. The minimum atomic E-state index is -0.263.